The fourth-order valence-corrected chi connectivity index (χ4v) is 3.76. The molecule has 0 saturated carbocycles. The zero-order valence-corrected chi connectivity index (χ0v) is 12.4. The van der Waals surface area contributed by atoms with Crippen LogP contribution in [0.25, 0.3) is 5.65 Å². The van der Waals surface area contributed by atoms with E-state index in [0.29, 0.717) is 13.2 Å². The van der Waals surface area contributed by atoms with Gasteiger partial charge in [0, 0.05) is 18.0 Å². The highest BCUT2D eigenvalue weighted by molar-refractivity contribution is 7.53. The maximum atomic E-state index is 12.6. The van der Waals surface area contributed by atoms with Gasteiger partial charge in [-0.15, -0.1) is 0 Å². The predicted molar refractivity (Wildman–Crippen MR) is 74.5 cm³/mol. The summed E-state index contributed by atoms with van der Waals surface area (Å²) in [5, 5.41) is 0. The third-order valence-corrected chi connectivity index (χ3v) is 4.73. The van der Waals surface area contributed by atoms with Crippen molar-refractivity contribution in [3.05, 3.63) is 35.8 Å². The van der Waals surface area contributed by atoms with E-state index in [1.54, 1.807) is 0 Å². The third-order valence-electron chi connectivity index (χ3n) is 2.70. The van der Waals surface area contributed by atoms with Gasteiger partial charge in [0.2, 0.25) is 0 Å². The van der Waals surface area contributed by atoms with Crippen molar-refractivity contribution >= 4 is 13.2 Å². The highest BCUT2D eigenvalue weighted by Crippen LogP contribution is 2.51. The molecule has 0 radical (unpaired) electrons. The first kappa shape index (κ1) is 14.3. The molecule has 0 unspecified atom stereocenters. The SMILES string of the molecule is CCOP(=O)(Cc1cccn2cc(C)nc12)OCC. The van der Waals surface area contributed by atoms with Gasteiger partial charge in [-0.2, -0.15) is 0 Å². The lowest BCUT2D eigenvalue weighted by molar-refractivity contribution is 0.219. The first-order chi connectivity index (χ1) is 9.08. The van der Waals surface area contributed by atoms with Gasteiger partial charge in [0.15, 0.2) is 0 Å². The first-order valence-corrected chi connectivity index (χ1v) is 8.12. The van der Waals surface area contributed by atoms with Crippen LogP contribution in [0.15, 0.2) is 24.5 Å². The minimum Gasteiger partial charge on any atom is -0.309 e. The second-order valence-electron chi connectivity index (χ2n) is 4.25. The van der Waals surface area contributed by atoms with Crippen molar-refractivity contribution in [3.63, 3.8) is 0 Å². The number of aromatic nitrogens is 2. The minimum atomic E-state index is -3.09. The fraction of sp³-hybridized carbons (Fsp3) is 0.462. The van der Waals surface area contributed by atoms with E-state index < -0.39 is 7.60 Å². The van der Waals surface area contributed by atoms with Gasteiger partial charge < -0.3 is 13.4 Å². The van der Waals surface area contributed by atoms with Crippen LogP contribution in [0.2, 0.25) is 0 Å². The molecule has 2 rings (SSSR count). The van der Waals surface area contributed by atoms with Crippen molar-refractivity contribution in [1.82, 2.24) is 9.38 Å². The Hall–Kier alpha value is -1.16. The summed E-state index contributed by atoms with van der Waals surface area (Å²) in [5.41, 5.74) is 2.61. The maximum absolute atomic E-state index is 12.6. The molecule has 104 valence electrons. The van der Waals surface area contributed by atoms with Crippen molar-refractivity contribution in [1.29, 1.82) is 0 Å². The molecule has 2 aromatic heterocycles. The topological polar surface area (TPSA) is 52.8 Å². The molecule has 2 aromatic rings. The summed E-state index contributed by atoms with van der Waals surface area (Å²) in [6, 6.07) is 3.82. The predicted octanol–water partition coefficient (Wildman–Crippen LogP) is 3.41. The van der Waals surface area contributed by atoms with Gasteiger partial charge in [0.1, 0.15) is 5.65 Å². The monoisotopic (exact) mass is 282 g/mol. The number of hydrogen-bond donors (Lipinski definition) is 0. The van der Waals surface area contributed by atoms with Crippen LogP contribution >= 0.6 is 7.60 Å². The fourth-order valence-electron chi connectivity index (χ4n) is 2.05. The number of pyridine rings is 1. The zero-order valence-electron chi connectivity index (χ0n) is 11.5. The molecule has 5 nitrogen and oxygen atoms in total. The van der Waals surface area contributed by atoms with E-state index in [-0.39, 0.29) is 6.16 Å². The van der Waals surface area contributed by atoms with Gasteiger partial charge in [-0.25, -0.2) is 4.98 Å². The lowest BCUT2D eigenvalue weighted by atomic mass is 10.3. The van der Waals surface area contributed by atoms with Crippen LogP contribution in [0.3, 0.4) is 0 Å². The van der Waals surface area contributed by atoms with Crippen LogP contribution in [-0.4, -0.2) is 22.6 Å². The van der Waals surface area contributed by atoms with Crippen LogP contribution in [0.5, 0.6) is 0 Å². The van der Waals surface area contributed by atoms with Crippen LogP contribution in [-0.2, 0) is 19.8 Å². The molecule has 0 amide bonds. The lowest BCUT2D eigenvalue weighted by Gasteiger charge is -2.17. The van der Waals surface area contributed by atoms with E-state index in [9.17, 15) is 4.57 Å². The van der Waals surface area contributed by atoms with E-state index >= 15 is 0 Å². The Kier molecular flexibility index (Phi) is 4.40. The summed E-state index contributed by atoms with van der Waals surface area (Å²) in [6.07, 6.45) is 4.10. The summed E-state index contributed by atoms with van der Waals surface area (Å²) in [4.78, 5) is 4.45. The normalized spacial score (nSPS) is 12.2. The summed E-state index contributed by atoms with van der Waals surface area (Å²) in [5.74, 6) is 0. The smallest absolute Gasteiger partial charge is 0.309 e. The third kappa shape index (κ3) is 3.24. The summed E-state index contributed by atoms with van der Waals surface area (Å²) in [7, 11) is -3.09. The van der Waals surface area contributed by atoms with Gasteiger partial charge in [-0.3, -0.25) is 4.57 Å². The summed E-state index contributed by atoms with van der Waals surface area (Å²) < 4.78 is 25.1. The first-order valence-electron chi connectivity index (χ1n) is 6.39. The Labute approximate surface area is 113 Å². The molecule has 0 aliphatic rings. The van der Waals surface area contributed by atoms with Crippen LogP contribution in [0.4, 0.5) is 0 Å². The molecular weight excluding hydrogens is 263 g/mol. The molecule has 0 spiro atoms. The molecule has 0 aliphatic heterocycles. The highest BCUT2D eigenvalue weighted by Gasteiger charge is 2.25. The number of hydrogen-bond acceptors (Lipinski definition) is 4. The number of nitrogens with zero attached hydrogens (tertiary/aromatic N) is 2. The average molecular weight is 282 g/mol. The van der Waals surface area contributed by atoms with E-state index in [2.05, 4.69) is 4.98 Å². The van der Waals surface area contributed by atoms with Gasteiger partial charge in [0.05, 0.1) is 25.1 Å². The number of fused-ring (bicyclic) bond motifs is 1. The average Bonchev–Trinajstić information content (AvgIpc) is 2.71. The molecule has 0 atom stereocenters. The molecule has 0 aliphatic carbocycles. The van der Waals surface area contributed by atoms with Crippen molar-refractivity contribution < 1.29 is 13.6 Å². The van der Waals surface area contributed by atoms with Crippen LogP contribution < -0.4 is 0 Å². The van der Waals surface area contributed by atoms with Crippen LogP contribution in [0, 0.1) is 6.92 Å². The second-order valence-corrected chi connectivity index (χ2v) is 6.31. The summed E-state index contributed by atoms with van der Waals surface area (Å²) >= 11 is 0. The number of imidazole rings is 1. The molecule has 19 heavy (non-hydrogen) atoms. The summed E-state index contributed by atoms with van der Waals surface area (Å²) in [6.45, 7) is 6.29. The molecular formula is C13H19N2O3P. The van der Waals surface area contributed by atoms with Crippen LogP contribution in [0.1, 0.15) is 25.1 Å². The quantitative estimate of drug-likeness (QED) is 0.762. The van der Waals surface area contributed by atoms with Gasteiger partial charge in [0.25, 0.3) is 0 Å². The Morgan fingerprint density at radius 2 is 2.00 bits per heavy atom. The minimum absolute atomic E-state index is 0.246. The van der Waals surface area contributed by atoms with Crippen molar-refractivity contribution in [2.75, 3.05) is 13.2 Å². The van der Waals surface area contributed by atoms with Gasteiger partial charge in [-0.05, 0) is 26.8 Å². The second kappa shape index (κ2) is 5.87. The molecule has 0 aromatic carbocycles. The molecule has 0 N–H and O–H groups in total. The lowest BCUT2D eigenvalue weighted by Crippen LogP contribution is -2.00. The Morgan fingerprint density at radius 1 is 1.32 bits per heavy atom. The Bertz CT molecular complexity index is 599. The highest BCUT2D eigenvalue weighted by atomic mass is 31.2. The Balaban J connectivity index is 2.36. The van der Waals surface area contributed by atoms with Gasteiger partial charge >= 0.3 is 7.60 Å². The largest absolute Gasteiger partial charge is 0.335 e. The molecule has 0 fully saturated rings. The van der Waals surface area contributed by atoms with E-state index in [1.165, 1.54) is 0 Å². The molecule has 6 heteroatoms. The molecule has 0 bridgehead atoms. The van der Waals surface area contributed by atoms with Gasteiger partial charge in [-0.1, -0.05) is 6.07 Å². The maximum Gasteiger partial charge on any atom is 0.335 e. The van der Waals surface area contributed by atoms with E-state index in [1.807, 2.05) is 49.7 Å². The number of rotatable bonds is 6. The molecule has 2 heterocycles. The molecule has 0 saturated heterocycles. The van der Waals surface area contributed by atoms with Crippen molar-refractivity contribution in [2.45, 2.75) is 26.9 Å². The standard InChI is InChI=1S/C13H19N2O3P/c1-4-17-19(16,18-5-2)10-12-7-6-8-15-9-11(3)14-13(12)15/h6-9H,4-5,10H2,1-3H3. The van der Waals surface area contributed by atoms with Crippen molar-refractivity contribution in [2.24, 2.45) is 0 Å². The van der Waals surface area contributed by atoms with E-state index in [0.717, 1.165) is 16.9 Å². The number of aryl methyl sites for hydroxylation is 1. The Morgan fingerprint density at radius 3 is 2.63 bits per heavy atom. The van der Waals surface area contributed by atoms with Crippen molar-refractivity contribution in [3.8, 4) is 0 Å². The van der Waals surface area contributed by atoms with E-state index in [4.69, 9.17) is 9.05 Å². The zero-order chi connectivity index (χ0) is 13.9.